The molecule has 3 aliphatic heterocycles. The first-order valence-corrected chi connectivity index (χ1v) is 15.9. The molecule has 12 heteroatoms. The first kappa shape index (κ1) is 27.6. The average molecular weight is 589 g/mol. The molecule has 0 N–H and O–H groups in total. The van der Waals surface area contributed by atoms with Gasteiger partial charge in [-0.25, -0.2) is 25.6 Å². The van der Waals surface area contributed by atoms with Crippen LogP contribution in [0.1, 0.15) is 31.2 Å². The van der Waals surface area contributed by atoms with Crippen molar-refractivity contribution in [2.75, 3.05) is 32.2 Å². The van der Waals surface area contributed by atoms with Crippen molar-refractivity contribution in [2.45, 2.75) is 41.8 Å². The summed E-state index contributed by atoms with van der Waals surface area (Å²) in [6.07, 6.45) is 5.00. The Morgan fingerprint density at radius 3 is 2.53 bits per heavy atom. The minimum atomic E-state index is -4.43. The summed E-state index contributed by atoms with van der Waals surface area (Å²) in [6, 6.07) is 1.77. The smallest absolute Gasteiger partial charge is 0.189 e. The number of fused-ring (bicyclic) bond motifs is 3. The van der Waals surface area contributed by atoms with E-state index < -0.39 is 64.6 Å². The summed E-state index contributed by atoms with van der Waals surface area (Å²) >= 11 is 6.03. The van der Waals surface area contributed by atoms with Crippen LogP contribution in [-0.2, 0) is 33.9 Å². The van der Waals surface area contributed by atoms with E-state index in [1.54, 1.807) is 0 Å². The van der Waals surface area contributed by atoms with Crippen LogP contribution >= 0.6 is 11.6 Å². The molecule has 206 valence electrons. The van der Waals surface area contributed by atoms with Crippen molar-refractivity contribution in [3.8, 4) is 5.75 Å². The minimum absolute atomic E-state index is 0.0161. The Kier molecular flexibility index (Phi) is 7.63. The summed E-state index contributed by atoms with van der Waals surface area (Å²) < 4.78 is 100. The lowest BCUT2D eigenvalue weighted by molar-refractivity contribution is -0.0730. The van der Waals surface area contributed by atoms with Crippen LogP contribution in [0.25, 0.3) is 0 Å². The molecule has 0 amide bonds. The predicted octanol–water partition coefficient (Wildman–Crippen LogP) is 4.09. The molecule has 0 spiro atoms. The molecule has 0 bridgehead atoms. The lowest BCUT2D eigenvalue weighted by Gasteiger charge is -2.50. The van der Waals surface area contributed by atoms with Crippen LogP contribution in [0.2, 0.25) is 0 Å². The second-order valence-electron chi connectivity index (χ2n) is 9.75. The highest BCUT2D eigenvalue weighted by Crippen LogP contribution is 2.56. The number of sulfone groups is 2. The number of rotatable bonds is 6. The van der Waals surface area contributed by atoms with Gasteiger partial charge in [-0.2, -0.15) is 0 Å². The SMILES string of the molecule is O=S(=O)(CCC1OCCC2(S(=O)(=O)C3=CC=C(Cl)C=C=C3)c3c(F)ccc(F)c3OCC12)C1CCOCC1. The van der Waals surface area contributed by atoms with Crippen LogP contribution < -0.4 is 4.74 Å². The Hall–Kier alpha value is -2.01. The molecule has 2 saturated heterocycles. The van der Waals surface area contributed by atoms with Crippen molar-refractivity contribution in [1.82, 2.24) is 0 Å². The van der Waals surface area contributed by atoms with Crippen molar-refractivity contribution >= 4 is 31.3 Å². The van der Waals surface area contributed by atoms with Gasteiger partial charge in [0.05, 0.1) is 34.2 Å². The second kappa shape index (κ2) is 10.5. The molecular formula is C26H27ClF2O7S2. The van der Waals surface area contributed by atoms with Gasteiger partial charge < -0.3 is 14.2 Å². The molecule has 4 aliphatic rings. The van der Waals surface area contributed by atoms with E-state index in [0.29, 0.717) is 26.1 Å². The van der Waals surface area contributed by atoms with Gasteiger partial charge in [-0.05, 0) is 62.1 Å². The number of ether oxygens (including phenoxy) is 3. The van der Waals surface area contributed by atoms with Gasteiger partial charge in [0.25, 0.3) is 0 Å². The zero-order valence-electron chi connectivity index (χ0n) is 20.4. The van der Waals surface area contributed by atoms with Crippen LogP contribution in [0.3, 0.4) is 0 Å². The van der Waals surface area contributed by atoms with Crippen LogP contribution in [0.15, 0.2) is 52.1 Å². The molecular weight excluding hydrogens is 562 g/mol. The molecule has 0 saturated carbocycles. The monoisotopic (exact) mass is 588 g/mol. The topological polar surface area (TPSA) is 96.0 Å². The summed E-state index contributed by atoms with van der Waals surface area (Å²) in [5, 5.41) is -0.305. The van der Waals surface area contributed by atoms with E-state index in [9.17, 15) is 21.2 Å². The molecule has 3 heterocycles. The van der Waals surface area contributed by atoms with E-state index in [2.05, 4.69) is 5.73 Å². The third-order valence-corrected chi connectivity index (χ3v) is 12.8. The highest BCUT2D eigenvalue weighted by atomic mass is 35.5. The minimum Gasteiger partial charge on any atom is -0.490 e. The maximum Gasteiger partial charge on any atom is 0.189 e. The van der Waals surface area contributed by atoms with Gasteiger partial charge in [0.2, 0.25) is 0 Å². The van der Waals surface area contributed by atoms with Crippen LogP contribution in [0, 0.1) is 17.6 Å². The summed E-state index contributed by atoms with van der Waals surface area (Å²) in [4.78, 5) is -0.179. The maximum atomic E-state index is 15.5. The molecule has 5 rings (SSSR count). The van der Waals surface area contributed by atoms with Gasteiger partial charge >= 0.3 is 0 Å². The van der Waals surface area contributed by atoms with E-state index in [1.165, 1.54) is 24.3 Å². The van der Waals surface area contributed by atoms with Gasteiger partial charge in [-0.3, -0.25) is 0 Å². The summed E-state index contributed by atoms with van der Waals surface area (Å²) in [7, 11) is -7.95. The molecule has 38 heavy (non-hydrogen) atoms. The molecule has 1 aromatic carbocycles. The fourth-order valence-corrected chi connectivity index (χ4v) is 10.1. The summed E-state index contributed by atoms with van der Waals surface area (Å²) in [5.41, 5.74) is 2.31. The Morgan fingerprint density at radius 1 is 1.03 bits per heavy atom. The van der Waals surface area contributed by atoms with E-state index in [4.69, 9.17) is 25.8 Å². The molecule has 7 nitrogen and oxygen atoms in total. The first-order valence-electron chi connectivity index (χ1n) is 12.3. The molecule has 3 unspecified atom stereocenters. The van der Waals surface area contributed by atoms with Crippen molar-refractivity contribution in [1.29, 1.82) is 0 Å². The third kappa shape index (κ3) is 4.67. The largest absolute Gasteiger partial charge is 0.490 e. The zero-order chi connectivity index (χ0) is 27.1. The number of hydrogen-bond acceptors (Lipinski definition) is 7. The molecule has 1 aliphatic carbocycles. The second-order valence-corrected chi connectivity index (χ2v) is 14.8. The van der Waals surface area contributed by atoms with Gasteiger partial charge in [-0.15, -0.1) is 5.73 Å². The zero-order valence-corrected chi connectivity index (χ0v) is 22.8. The van der Waals surface area contributed by atoms with Crippen molar-refractivity contribution in [2.24, 2.45) is 5.92 Å². The Morgan fingerprint density at radius 2 is 1.76 bits per heavy atom. The maximum absolute atomic E-state index is 15.5. The third-order valence-electron chi connectivity index (χ3n) is 7.75. The molecule has 2 fully saturated rings. The fraction of sp³-hybridized carbons (Fsp3) is 0.500. The number of benzene rings is 1. The highest BCUT2D eigenvalue weighted by molar-refractivity contribution is 7.96. The van der Waals surface area contributed by atoms with E-state index in [0.717, 1.165) is 12.1 Å². The Bertz CT molecular complexity index is 1460. The van der Waals surface area contributed by atoms with Crippen LogP contribution in [-0.4, -0.2) is 60.4 Å². The van der Waals surface area contributed by atoms with Crippen molar-refractivity contribution in [3.63, 3.8) is 0 Å². The van der Waals surface area contributed by atoms with Crippen molar-refractivity contribution in [3.05, 3.63) is 69.3 Å². The van der Waals surface area contributed by atoms with Crippen molar-refractivity contribution < 1.29 is 39.8 Å². The normalized spacial score (nSPS) is 28.0. The standard InChI is InChI=1S/C26H27ClF2O7S2/c27-17-2-1-3-19(5-4-17)38(32,33)26-11-14-35-23(10-15-37(30,31)18-8-12-34-13-9-18)20(26)16-36-25-22(29)7-6-21(28)24(25)26/h2-7,18,20,23H,8-16H2. The molecule has 0 aromatic heterocycles. The number of allylic oxidation sites excluding steroid dienone is 4. The molecule has 1 aromatic rings. The predicted molar refractivity (Wildman–Crippen MR) is 137 cm³/mol. The molecule has 0 radical (unpaired) electrons. The van der Waals surface area contributed by atoms with E-state index >= 15 is 4.39 Å². The van der Waals surface area contributed by atoms with Crippen LogP contribution in [0.5, 0.6) is 5.75 Å². The summed E-state index contributed by atoms with van der Waals surface area (Å²) in [6.45, 7) is 0.326. The molecule has 3 atom stereocenters. The number of halogens is 3. The van der Waals surface area contributed by atoms with Gasteiger partial charge in [0.1, 0.15) is 10.6 Å². The van der Waals surface area contributed by atoms with Gasteiger partial charge in [0, 0.05) is 30.8 Å². The van der Waals surface area contributed by atoms with E-state index in [-0.39, 0.29) is 41.7 Å². The quantitative estimate of drug-likeness (QED) is 0.462. The summed E-state index contributed by atoms with van der Waals surface area (Å²) in [5.74, 6) is -3.50. The first-order chi connectivity index (χ1) is 18.1. The Labute approximate surface area is 225 Å². The fourth-order valence-electron chi connectivity index (χ4n) is 5.83. The average Bonchev–Trinajstić information content (AvgIpc) is 3.14. The van der Waals surface area contributed by atoms with E-state index in [1.807, 2.05) is 0 Å². The van der Waals surface area contributed by atoms with Crippen LogP contribution in [0.4, 0.5) is 8.78 Å². The van der Waals surface area contributed by atoms with Gasteiger partial charge in [-0.1, -0.05) is 11.6 Å². The highest BCUT2D eigenvalue weighted by Gasteiger charge is 2.62. The van der Waals surface area contributed by atoms with Gasteiger partial charge in [0.15, 0.2) is 31.2 Å². The Balaban J connectivity index is 1.59. The lowest BCUT2D eigenvalue weighted by atomic mass is 9.75. The lowest BCUT2D eigenvalue weighted by Crippen LogP contribution is -2.58. The number of hydrogen-bond donors (Lipinski definition) is 0.